The first kappa shape index (κ1) is 8.68. The van der Waals surface area contributed by atoms with E-state index in [1.807, 2.05) is 0 Å². The number of carboxylic acid groups (broad SMARTS) is 2. The molecule has 0 heterocycles. The molecular formula is C6H6O4-2. The van der Waals surface area contributed by atoms with Crippen LogP contribution in [0, 0.1) is 5.92 Å². The fourth-order valence-electron chi connectivity index (χ4n) is 0.455. The van der Waals surface area contributed by atoms with Crippen molar-refractivity contribution in [2.45, 2.75) is 6.42 Å². The fourth-order valence-corrected chi connectivity index (χ4v) is 0.455. The lowest BCUT2D eigenvalue weighted by Gasteiger charge is -2.16. The second-order valence-corrected chi connectivity index (χ2v) is 1.72. The molecule has 10 heavy (non-hydrogen) atoms. The van der Waals surface area contributed by atoms with Crippen LogP contribution in [0.5, 0.6) is 0 Å². The lowest BCUT2D eigenvalue weighted by Crippen LogP contribution is -2.43. The Hall–Kier alpha value is -1.32. The molecule has 0 radical (unpaired) electrons. The highest BCUT2D eigenvalue weighted by atomic mass is 16.4. The molecule has 0 amide bonds. The smallest absolute Gasteiger partial charge is 0.0504 e. The van der Waals surface area contributed by atoms with Gasteiger partial charge in [0.2, 0.25) is 0 Å². The minimum Gasteiger partial charge on any atom is -0.549 e. The van der Waals surface area contributed by atoms with E-state index >= 15 is 0 Å². The van der Waals surface area contributed by atoms with Crippen LogP contribution in [0.15, 0.2) is 12.7 Å². The predicted octanol–water partition coefficient (Wildman–Crippen LogP) is -2.32. The number of rotatable bonds is 4. The molecule has 0 saturated carbocycles. The quantitative estimate of drug-likeness (QED) is 0.326. The summed E-state index contributed by atoms with van der Waals surface area (Å²) in [5.41, 5.74) is 0. The van der Waals surface area contributed by atoms with Gasteiger partial charge in [0.1, 0.15) is 0 Å². The zero-order chi connectivity index (χ0) is 8.15. The maximum absolute atomic E-state index is 9.95. The normalized spacial score (nSPS) is 9.30. The minimum atomic E-state index is -1.64. The Balaban J connectivity index is 4.11. The summed E-state index contributed by atoms with van der Waals surface area (Å²) >= 11 is 0. The summed E-state index contributed by atoms with van der Waals surface area (Å²) in [6.45, 7) is 3.18. The Morgan fingerprint density at radius 3 is 1.90 bits per heavy atom. The molecule has 4 heteroatoms. The number of aliphatic carboxylic acids is 2. The van der Waals surface area contributed by atoms with E-state index < -0.39 is 17.9 Å². The van der Waals surface area contributed by atoms with Gasteiger partial charge >= 0.3 is 0 Å². The molecule has 0 atom stereocenters. The topological polar surface area (TPSA) is 80.3 Å². The van der Waals surface area contributed by atoms with Crippen molar-refractivity contribution in [3.8, 4) is 0 Å². The van der Waals surface area contributed by atoms with Crippen LogP contribution in [-0.4, -0.2) is 11.9 Å². The van der Waals surface area contributed by atoms with Gasteiger partial charge in [0, 0.05) is 5.92 Å². The summed E-state index contributed by atoms with van der Waals surface area (Å²) in [5, 5.41) is 19.9. The monoisotopic (exact) mass is 142 g/mol. The number of allylic oxidation sites excluding steroid dienone is 1. The predicted molar refractivity (Wildman–Crippen MR) is 28.3 cm³/mol. The van der Waals surface area contributed by atoms with Gasteiger partial charge in [-0.3, -0.25) is 0 Å². The third-order valence-corrected chi connectivity index (χ3v) is 0.971. The van der Waals surface area contributed by atoms with Crippen molar-refractivity contribution >= 4 is 11.9 Å². The standard InChI is InChI=1S/C6H8O4/c1-2-3-4(5(7)8)6(9)10/h2,4H,1,3H2,(H,7,8)(H,9,10)/p-2. The maximum Gasteiger partial charge on any atom is 0.0504 e. The van der Waals surface area contributed by atoms with Crippen LogP contribution in [0.1, 0.15) is 6.42 Å². The van der Waals surface area contributed by atoms with Crippen LogP contribution in [0.25, 0.3) is 0 Å². The zero-order valence-electron chi connectivity index (χ0n) is 5.20. The largest absolute Gasteiger partial charge is 0.549 e. The average Bonchev–Trinajstić information content (AvgIpc) is 1.81. The van der Waals surface area contributed by atoms with Gasteiger partial charge in [0.15, 0.2) is 0 Å². The van der Waals surface area contributed by atoms with Gasteiger partial charge < -0.3 is 19.8 Å². The summed E-state index contributed by atoms with van der Waals surface area (Å²) in [7, 11) is 0. The van der Waals surface area contributed by atoms with Gasteiger partial charge in [-0.2, -0.15) is 0 Å². The van der Waals surface area contributed by atoms with Crippen LogP contribution >= 0.6 is 0 Å². The van der Waals surface area contributed by atoms with E-state index in [-0.39, 0.29) is 6.42 Å². The molecule has 0 aromatic carbocycles. The molecule has 0 aromatic rings. The van der Waals surface area contributed by atoms with E-state index in [9.17, 15) is 19.8 Å². The molecule has 0 N–H and O–H groups in total. The van der Waals surface area contributed by atoms with Crippen LogP contribution < -0.4 is 10.2 Å². The number of carbonyl (C=O) groups excluding carboxylic acids is 2. The molecule has 0 aliphatic heterocycles. The number of carbonyl (C=O) groups is 2. The van der Waals surface area contributed by atoms with Crippen molar-refractivity contribution in [3.63, 3.8) is 0 Å². The Labute approximate surface area is 57.8 Å². The summed E-state index contributed by atoms with van der Waals surface area (Å²) in [6, 6.07) is 0. The van der Waals surface area contributed by atoms with Crippen LogP contribution in [0.2, 0.25) is 0 Å². The molecular weight excluding hydrogens is 136 g/mol. The van der Waals surface area contributed by atoms with Gasteiger partial charge in [0.05, 0.1) is 11.9 Å². The van der Waals surface area contributed by atoms with Crippen molar-refractivity contribution in [1.29, 1.82) is 0 Å². The third kappa shape index (κ3) is 2.30. The van der Waals surface area contributed by atoms with Crippen LogP contribution in [0.4, 0.5) is 0 Å². The SMILES string of the molecule is C=CCC(C(=O)[O-])C(=O)[O-]. The Morgan fingerprint density at radius 2 is 1.80 bits per heavy atom. The lowest BCUT2D eigenvalue weighted by atomic mass is 10.1. The molecule has 0 aliphatic carbocycles. The van der Waals surface area contributed by atoms with Gasteiger partial charge in [0.25, 0.3) is 0 Å². The van der Waals surface area contributed by atoms with E-state index in [0.29, 0.717) is 0 Å². The zero-order valence-corrected chi connectivity index (χ0v) is 5.20. The van der Waals surface area contributed by atoms with Crippen LogP contribution in [0.3, 0.4) is 0 Å². The first-order valence-corrected chi connectivity index (χ1v) is 2.62. The molecule has 0 rings (SSSR count). The van der Waals surface area contributed by atoms with Gasteiger partial charge in [-0.15, -0.1) is 6.58 Å². The maximum atomic E-state index is 9.95. The molecule has 0 aliphatic rings. The van der Waals surface area contributed by atoms with E-state index in [1.54, 1.807) is 0 Å². The summed E-state index contributed by atoms with van der Waals surface area (Å²) in [6.07, 6.45) is 1.03. The van der Waals surface area contributed by atoms with Crippen molar-refractivity contribution in [1.82, 2.24) is 0 Å². The lowest BCUT2D eigenvalue weighted by molar-refractivity contribution is -0.331. The van der Waals surface area contributed by atoms with E-state index in [0.717, 1.165) is 0 Å². The Kier molecular flexibility index (Phi) is 3.17. The first-order valence-electron chi connectivity index (χ1n) is 2.62. The molecule has 0 aromatic heterocycles. The number of hydrogen-bond acceptors (Lipinski definition) is 4. The Morgan fingerprint density at radius 1 is 1.40 bits per heavy atom. The van der Waals surface area contributed by atoms with Crippen LogP contribution in [-0.2, 0) is 9.59 Å². The van der Waals surface area contributed by atoms with E-state index in [2.05, 4.69) is 6.58 Å². The molecule has 56 valence electrons. The highest BCUT2D eigenvalue weighted by Crippen LogP contribution is 1.99. The third-order valence-electron chi connectivity index (χ3n) is 0.971. The van der Waals surface area contributed by atoms with E-state index in [4.69, 9.17) is 0 Å². The summed E-state index contributed by atoms with van der Waals surface area (Å²) in [5.74, 6) is -4.85. The average molecular weight is 142 g/mol. The minimum absolute atomic E-state index is 0.162. The van der Waals surface area contributed by atoms with Gasteiger partial charge in [-0.1, -0.05) is 6.08 Å². The highest BCUT2D eigenvalue weighted by Gasteiger charge is 2.07. The number of carboxylic acids is 2. The van der Waals surface area contributed by atoms with Crippen molar-refractivity contribution in [2.75, 3.05) is 0 Å². The molecule has 0 spiro atoms. The second-order valence-electron chi connectivity index (χ2n) is 1.72. The molecule has 0 bridgehead atoms. The van der Waals surface area contributed by atoms with Crippen molar-refractivity contribution < 1.29 is 19.8 Å². The van der Waals surface area contributed by atoms with Gasteiger partial charge in [-0.05, 0) is 6.42 Å². The molecule has 4 nitrogen and oxygen atoms in total. The molecule has 0 unspecified atom stereocenters. The number of hydrogen-bond donors (Lipinski definition) is 0. The first-order chi connectivity index (χ1) is 4.59. The van der Waals surface area contributed by atoms with E-state index in [1.165, 1.54) is 6.08 Å². The summed E-state index contributed by atoms with van der Waals surface area (Å²) in [4.78, 5) is 19.9. The van der Waals surface area contributed by atoms with Crippen molar-refractivity contribution in [2.24, 2.45) is 5.92 Å². The Bertz CT molecular complexity index is 147. The molecule has 0 saturated heterocycles. The fraction of sp³-hybridized carbons (Fsp3) is 0.333. The van der Waals surface area contributed by atoms with Crippen molar-refractivity contribution in [3.05, 3.63) is 12.7 Å². The summed E-state index contributed by atoms with van der Waals surface area (Å²) < 4.78 is 0. The highest BCUT2D eigenvalue weighted by molar-refractivity contribution is 5.90. The second kappa shape index (κ2) is 3.66. The molecule has 0 fully saturated rings. The van der Waals surface area contributed by atoms with Gasteiger partial charge in [-0.25, -0.2) is 0 Å².